The minimum absolute atomic E-state index is 0.00814. The Morgan fingerprint density at radius 3 is 2.55 bits per heavy atom. The Labute approximate surface area is 220 Å². The molecule has 0 saturated carbocycles. The highest BCUT2D eigenvalue weighted by Gasteiger charge is 2.24. The van der Waals surface area contributed by atoms with Crippen molar-refractivity contribution >= 4 is 32.5 Å². The molecule has 0 aliphatic carbocycles. The van der Waals surface area contributed by atoms with E-state index in [9.17, 15) is 13.2 Å². The molecular weight excluding hydrogens is 506 g/mol. The van der Waals surface area contributed by atoms with Crippen LogP contribution in [-0.4, -0.2) is 70.6 Å². The minimum Gasteiger partial charge on any atom is -0.372 e. The largest absolute Gasteiger partial charge is 0.372 e. The molecule has 0 spiro atoms. The van der Waals surface area contributed by atoms with Gasteiger partial charge in [-0.1, -0.05) is 6.07 Å². The molecule has 1 saturated heterocycles. The summed E-state index contributed by atoms with van der Waals surface area (Å²) < 4.78 is 31.2. The molecule has 11 nitrogen and oxygen atoms in total. The SMILES string of the molecule is C[C@@H]1CN(c2cccc(-c3ccc4cnc(CNC(=O)c5cnn(C)c5S(C)(=O)=O)cc4n3)n2)C[C@H](C)O1. The average Bonchev–Trinajstić information content (AvgIpc) is 3.28. The molecule has 5 rings (SSSR count). The van der Waals surface area contributed by atoms with Crippen molar-refractivity contribution in [3.05, 3.63) is 60.0 Å². The molecule has 12 heteroatoms. The van der Waals surface area contributed by atoms with Crippen molar-refractivity contribution in [3.8, 4) is 11.4 Å². The number of aromatic nitrogens is 5. The number of nitrogens with zero attached hydrogens (tertiary/aromatic N) is 6. The molecule has 2 atom stereocenters. The van der Waals surface area contributed by atoms with Gasteiger partial charge in [-0.3, -0.25) is 14.5 Å². The third-order valence-corrected chi connectivity index (χ3v) is 7.47. The Bertz CT molecular complexity index is 1610. The van der Waals surface area contributed by atoms with Crippen molar-refractivity contribution in [2.75, 3.05) is 24.2 Å². The van der Waals surface area contributed by atoms with Crippen molar-refractivity contribution in [1.29, 1.82) is 0 Å². The Kier molecular flexibility index (Phi) is 6.84. The summed E-state index contributed by atoms with van der Waals surface area (Å²) in [5.41, 5.74) is 2.76. The van der Waals surface area contributed by atoms with E-state index in [-0.39, 0.29) is 29.3 Å². The van der Waals surface area contributed by atoms with Gasteiger partial charge in [0.2, 0.25) is 0 Å². The van der Waals surface area contributed by atoms with E-state index in [4.69, 9.17) is 14.7 Å². The number of fused-ring (bicyclic) bond motifs is 1. The lowest BCUT2D eigenvalue weighted by Crippen LogP contribution is -2.45. The fraction of sp³-hybridized carbons (Fsp3) is 0.346. The van der Waals surface area contributed by atoms with Crippen LogP contribution in [0.25, 0.3) is 22.3 Å². The Balaban J connectivity index is 1.36. The highest BCUT2D eigenvalue weighted by molar-refractivity contribution is 7.90. The van der Waals surface area contributed by atoms with Crippen LogP contribution in [0.15, 0.2) is 53.8 Å². The van der Waals surface area contributed by atoms with Crippen molar-refractivity contribution in [2.45, 2.75) is 37.6 Å². The zero-order chi connectivity index (χ0) is 27.0. The average molecular weight is 536 g/mol. The van der Waals surface area contributed by atoms with Gasteiger partial charge in [0.1, 0.15) is 5.82 Å². The number of carbonyl (C=O) groups excluding carboxylic acids is 1. The summed E-state index contributed by atoms with van der Waals surface area (Å²) in [5.74, 6) is 0.336. The summed E-state index contributed by atoms with van der Waals surface area (Å²) in [6.45, 7) is 5.77. The van der Waals surface area contributed by atoms with Gasteiger partial charge in [0.05, 0.1) is 53.1 Å². The van der Waals surface area contributed by atoms with E-state index >= 15 is 0 Å². The van der Waals surface area contributed by atoms with Gasteiger partial charge in [-0.15, -0.1) is 0 Å². The fourth-order valence-corrected chi connectivity index (χ4v) is 5.76. The number of anilines is 1. The first-order valence-corrected chi connectivity index (χ1v) is 14.1. The van der Waals surface area contributed by atoms with E-state index in [1.807, 2.05) is 30.3 Å². The second kappa shape index (κ2) is 10.1. The highest BCUT2D eigenvalue weighted by Crippen LogP contribution is 2.24. The van der Waals surface area contributed by atoms with Crippen LogP contribution < -0.4 is 10.2 Å². The van der Waals surface area contributed by atoms with Crippen molar-refractivity contribution in [1.82, 2.24) is 30.0 Å². The molecule has 1 N–H and O–H groups in total. The molecule has 0 radical (unpaired) electrons. The normalized spacial score (nSPS) is 18.1. The van der Waals surface area contributed by atoms with E-state index in [0.29, 0.717) is 11.2 Å². The molecule has 4 aromatic heterocycles. The van der Waals surface area contributed by atoms with Gasteiger partial charge in [0, 0.05) is 38.0 Å². The quantitative estimate of drug-likeness (QED) is 0.395. The molecule has 0 bridgehead atoms. The molecule has 38 heavy (non-hydrogen) atoms. The summed E-state index contributed by atoms with van der Waals surface area (Å²) in [6.07, 6.45) is 4.24. The predicted octanol–water partition coefficient (Wildman–Crippen LogP) is 2.37. The van der Waals surface area contributed by atoms with E-state index in [1.54, 1.807) is 12.3 Å². The maximum atomic E-state index is 12.7. The number of pyridine rings is 3. The van der Waals surface area contributed by atoms with Crippen LogP contribution in [0, 0.1) is 0 Å². The lowest BCUT2D eigenvalue weighted by Gasteiger charge is -2.36. The number of carbonyl (C=O) groups is 1. The number of hydrogen-bond acceptors (Lipinski definition) is 9. The third-order valence-electron chi connectivity index (χ3n) is 6.28. The minimum atomic E-state index is -3.63. The zero-order valence-corrected chi connectivity index (χ0v) is 22.4. The van der Waals surface area contributed by atoms with Crippen LogP contribution in [0.5, 0.6) is 0 Å². The summed E-state index contributed by atoms with van der Waals surface area (Å²) >= 11 is 0. The lowest BCUT2D eigenvalue weighted by molar-refractivity contribution is -0.00545. The number of amides is 1. The van der Waals surface area contributed by atoms with Crippen LogP contribution in [0.3, 0.4) is 0 Å². The number of aryl methyl sites for hydroxylation is 1. The molecule has 1 fully saturated rings. The van der Waals surface area contributed by atoms with Gasteiger partial charge in [-0.05, 0) is 44.2 Å². The molecule has 5 heterocycles. The molecule has 4 aromatic rings. The molecule has 1 aliphatic heterocycles. The van der Waals surface area contributed by atoms with E-state index < -0.39 is 15.7 Å². The number of rotatable bonds is 6. The molecule has 0 unspecified atom stereocenters. The highest BCUT2D eigenvalue weighted by atomic mass is 32.2. The molecule has 0 aromatic carbocycles. The number of morpholine rings is 1. The summed E-state index contributed by atoms with van der Waals surface area (Å²) in [5, 5.41) is 7.36. The van der Waals surface area contributed by atoms with Crippen LogP contribution in [0.1, 0.15) is 29.9 Å². The fourth-order valence-electron chi connectivity index (χ4n) is 4.69. The topological polar surface area (TPSA) is 132 Å². The number of sulfone groups is 1. The first-order valence-electron chi connectivity index (χ1n) is 12.2. The summed E-state index contributed by atoms with van der Waals surface area (Å²) in [4.78, 5) is 29.0. The van der Waals surface area contributed by atoms with Gasteiger partial charge in [-0.25, -0.2) is 18.4 Å². The Hall–Kier alpha value is -3.90. The van der Waals surface area contributed by atoms with Crippen LogP contribution in [-0.2, 0) is 28.2 Å². The van der Waals surface area contributed by atoms with Gasteiger partial charge in [0.15, 0.2) is 14.9 Å². The Morgan fingerprint density at radius 1 is 1.08 bits per heavy atom. The van der Waals surface area contributed by atoms with Crippen molar-refractivity contribution in [2.24, 2.45) is 7.05 Å². The zero-order valence-electron chi connectivity index (χ0n) is 21.6. The van der Waals surface area contributed by atoms with E-state index in [2.05, 4.69) is 34.1 Å². The first-order chi connectivity index (χ1) is 18.1. The molecule has 1 amide bonds. The lowest BCUT2D eigenvalue weighted by atomic mass is 10.1. The third kappa shape index (κ3) is 5.36. The van der Waals surface area contributed by atoms with Gasteiger partial charge < -0.3 is 15.0 Å². The standard InChI is InChI=1S/C26H29N7O4S/c1-16-14-33(15-17(2)37-16)24-7-5-6-21(31-24)22-9-8-18-11-27-19(10-23(18)30-22)12-28-25(34)20-13-29-32(3)26(20)38(4,35)36/h5-11,13,16-17H,12,14-15H2,1-4H3,(H,28,34)/t16-,17+. The van der Waals surface area contributed by atoms with Gasteiger partial charge in [0.25, 0.3) is 5.91 Å². The van der Waals surface area contributed by atoms with E-state index in [1.165, 1.54) is 17.9 Å². The van der Waals surface area contributed by atoms with Gasteiger partial charge >= 0.3 is 0 Å². The second-order valence-electron chi connectivity index (χ2n) is 9.55. The number of nitrogens with one attached hydrogen (secondary N) is 1. The summed E-state index contributed by atoms with van der Waals surface area (Å²) in [7, 11) is -2.15. The van der Waals surface area contributed by atoms with Crippen LogP contribution in [0.2, 0.25) is 0 Å². The van der Waals surface area contributed by atoms with Crippen molar-refractivity contribution in [3.63, 3.8) is 0 Å². The summed E-state index contributed by atoms with van der Waals surface area (Å²) in [6, 6.07) is 11.6. The monoisotopic (exact) mass is 535 g/mol. The number of hydrogen-bond donors (Lipinski definition) is 1. The van der Waals surface area contributed by atoms with Crippen LogP contribution in [0.4, 0.5) is 5.82 Å². The molecular formula is C26H29N7O4S. The predicted molar refractivity (Wildman–Crippen MR) is 142 cm³/mol. The Morgan fingerprint density at radius 2 is 1.82 bits per heavy atom. The molecule has 198 valence electrons. The smallest absolute Gasteiger partial charge is 0.256 e. The van der Waals surface area contributed by atoms with Gasteiger partial charge in [-0.2, -0.15) is 5.10 Å². The van der Waals surface area contributed by atoms with E-state index in [0.717, 1.165) is 41.9 Å². The van der Waals surface area contributed by atoms with Crippen LogP contribution >= 0.6 is 0 Å². The van der Waals surface area contributed by atoms with Crippen molar-refractivity contribution < 1.29 is 17.9 Å². The maximum absolute atomic E-state index is 12.7. The maximum Gasteiger partial charge on any atom is 0.256 e. The second-order valence-corrected chi connectivity index (χ2v) is 11.5. The first kappa shape index (κ1) is 25.7. The number of ether oxygens (including phenoxy) is 1. The molecule has 1 aliphatic rings.